The third kappa shape index (κ3) is 4.59. The van der Waals surface area contributed by atoms with Crippen molar-refractivity contribution in [2.75, 3.05) is 6.61 Å². The SMILES string of the molecule is CC(C)(C)OC[C@@H](Cc1ccc(-c2ccccc2)cc1)N1C(=O)c2ccccc2C1=O. The summed E-state index contributed by atoms with van der Waals surface area (Å²) in [5, 5.41) is 0. The molecule has 1 aliphatic heterocycles. The van der Waals surface area contributed by atoms with Crippen LogP contribution in [0.1, 0.15) is 47.1 Å². The molecule has 0 unspecified atom stereocenters. The molecule has 0 radical (unpaired) electrons. The van der Waals surface area contributed by atoms with Crippen molar-refractivity contribution in [3.05, 3.63) is 95.6 Å². The Kier molecular flexibility index (Phi) is 5.75. The fraction of sp³-hybridized carbons (Fsp3) is 0.259. The third-order valence-corrected chi connectivity index (χ3v) is 5.43. The van der Waals surface area contributed by atoms with E-state index in [-0.39, 0.29) is 30.1 Å². The van der Waals surface area contributed by atoms with E-state index >= 15 is 0 Å². The Hall–Kier alpha value is -3.24. The summed E-state index contributed by atoms with van der Waals surface area (Å²) in [6.07, 6.45) is 0.538. The fourth-order valence-electron chi connectivity index (χ4n) is 3.85. The van der Waals surface area contributed by atoms with Crippen molar-refractivity contribution in [2.45, 2.75) is 38.8 Å². The van der Waals surface area contributed by atoms with Gasteiger partial charge in [0.15, 0.2) is 0 Å². The highest BCUT2D eigenvalue weighted by Crippen LogP contribution is 2.27. The molecule has 0 spiro atoms. The molecule has 0 N–H and O–H groups in total. The monoisotopic (exact) mass is 413 g/mol. The van der Waals surface area contributed by atoms with Gasteiger partial charge in [-0.1, -0.05) is 66.7 Å². The van der Waals surface area contributed by atoms with Crippen LogP contribution >= 0.6 is 0 Å². The number of amides is 2. The maximum atomic E-state index is 13.1. The van der Waals surface area contributed by atoms with Gasteiger partial charge in [0.2, 0.25) is 0 Å². The lowest BCUT2D eigenvalue weighted by Gasteiger charge is -2.30. The molecule has 3 aromatic carbocycles. The third-order valence-electron chi connectivity index (χ3n) is 5.43. The number of hydrogen-bond acceptors (Lipinski definition) is 3. The van der Waals surface area contributed by atoms with Gasteiger partial charge >= 0.3 is 0 Å². The highest BCUT2D eigenvalue weighted by molar-refractivity contribution is 6.21. The van der Waals surface area contributed by atoms with Crippen LogP contribution in [0.2, 0.25) is 0 Å². The number of carbonyl (C=O) groups is 2. The molecule has 0 fully saturated rings. The molecular weight excluding hydrogens is 386 g/mol. The van der Waals surface area contributed by atoms with Crippen LogP contribution < -0.4 is 0 Å². The largest absolute Gasteiger partial charge is 0.374 e. The lowest BCUT2D eigenvalue weighted by molar-refractivity contribution is -0.0282. The predicted octanol–water partition coefficient (Wildman–Crippen LogP) is 5.38. The minimum Gasteiger partial charge on any atom is -0.374 e. The Morgan fingerprint density at radius 1 is 0.742 bits per heavy atom. The molecular formula is C27H27NO3. The molecule has 0 saturated carbocycles. The molecule has 0 saturated heterocycles. The molecule has 4 rings (SSSR count). The molecule has 31 heavy (non-hydrogen) atoms. The second-order valence-electron chi connectivity index (χ2n) is 8.87. The number of fused-ring (bicyclic) bond motifs is 1. The average molecular weight is 414 g/mol. The molecule has 4 nitrogen and oxygen atoms in total. The number of benzene rings is 3. The quantitative estimate of drug-likeness (QED) is 0.510. The van der Waals surface area contributed by atoms with Gasteiger partial charge in [-0.3, -0.25) is 14.5 Å². The molecule has 0 aromatic heterocycles. The van der Waals surface area contributed by atoms with Gasteiger partial charge in [-0.05, 0) is 56.0 Å². The first-order valence-electron chi connectivity index (χ1n) is 10.6. The van der Waals surface area contributed by atoms with Crippen molar-refractivity contribution >= 4 is 11.8 Å². The van der Waals surface area contributed by atoms with Crippen molar-refractivity contribution in [3.8, 4) is 11.1 Å². The van der Waals surface area contributed by atoms with Crippen LogP contribution in [0.25, 0.3) is 11.1 Å². The van der Waals surface area contributed by atoms with Crippen LogP contribution in [0.15, 0.2) is 78.9 Å². The Balaban J connectivity index is 1.59. The molecule has 4 heteroatoms. The van der Waals surface area contributed by atoms with Gasteiger partial charge in [-0.25, -0.2) is 0 Å². The van der Waals surface area contributed by atoms with Crippen LogP contribution in [-0.4, -0.2) is 35.0 Å². The summed E-state index contributed by atoms with van der Waals surface area (Å²) in [6.45, 7) is 6.21. The molecule has 2 amide bonds. The van der Waals surface area contributed by atoms with Gasteiger partial charge < -0.3 is 4.74 Å². The summed E-state index contributed by atoms with van der Waals surface area (Å²) in [5.74, 6) is -0.493. The van der Waals surface area contributed by atoms with E-state index in [9.17, 15) is 9.59 Å². The summed E-state index contributed by atoms with van der Waals surface area (Å²) in [5.41, 5.74) is 3.90. The van der Waals surface area contributed by atoms with Crippen LogP contribution in [0.5, 0.6) is 0 Å². The Morgan fingerprint density at radius 2 is 1.26 bits per heavy atom. The van der Waals surface area contributed by atoms with Crippen molar-refractivity contribution in [1.29, 1.82) is 0 Å². The van der Waals surface area contributed by atoms with Crippen molar-refractivity contribution in [1.82, 2.24) is 4.90 Å². The molecule has 3 aromatic rings. The summed E-state index contributed by atoms with van der Waals surface area (Å²) >= 11 is 0. The molecule has 0 bridgehead atoms. The van der Waals surface area contributed by atoms with E-state index in [0.717, 1.165) is 16.7 Å². The second kappa shape index (κ2) is 8.48. The summed E-state index contributed by atoms with van der Waals surface area (Å²) < 4.78 is 6.02. The van der Waals surface area contributed by atoms with Gasteiger partial charge in [0.25, 0.3) is 11.8 Å². The first kappa shape index (κ1) is 21.0. The van der Waals surface area contributed by atoms with Crippen molar-refractivity contribution < 1.29 is 14.3 Å². The van der Waals surface area contributed by atoms with Gasteiger partial charge in [0.05, 0.1) is 29.4 Å². The Labute approximate surface area is 183 Å². The number of ether oxygens (including phenoxy) is 1. The zero-order valence-corrected chi connectivity index (χ0v) is 18.2. The molecule has 1 heterocycles. The number of imide groups is 1. The normalized spacial score (nSPS) is 14.6. The predicted molar refractivity (Wildman–Crippen MR) is 122 cm³/mol. The van der Waals surface area contributed by atoms with Crippen LogP contribution in [-0.2, 0) is 11.2 Å². The smallest absolute Gasteiger partial charge is 0.261 e. The summed E-state index contributed by atoms with van der Waals surface area (Å²) in [6, 6.07) is 25.1. The van der Waals surface area contributed by atoms with Gasteiger partial charge in [-0.15, -0.1) is 0 Å². The maximum Gasteiger partial charge on any atom is 0.261 e. The zero-order valence-electron chi connectivity index (χ0n) is 18.2. The first-order chi connectivity index (χ1) is 14.8. The minimum atomic E-state index is -0.380. The molecule has 158 valence electrons. The molecule has 0 aliphatic carbocycles. The summed E-state index contributed by atoms with van der Waals surface area (Å²) in [7, 11) is 0. The maximum absolute atomic E-state index is 13.1. The van der Waals surface area contributed by atoms with Crippen LogP contribution in [0.4, 0.5) is 0 Å². The van der Waals surface area contributed by atoms with E-state index in [1.54, 1.807) is 24.3 Å². The lowest BCUT2D eigenvalue weighted by Crippen LogP contribution is -2.45. The van der Waals surface area contributed by atoms with Gasteiger partial charge in [-0.2, -0.15) is 0 Å². The number of rotatable bonds is 6. The number of nitrogens with zero attached hydrogens (tertiary/aromatic N) is 1. The van der Waals surface area contributed by atoms with Crippen molar-refractivity contribution in [3.63, 3.8) is 0 Å². The van der Waals surface area contributed by atoms with E-state index in [2.05, 4.69) is 36.4 Å². The average Bonchev–Trinajstić information content (AvgIpc) is 3.02. The highest BCUT2D eigenvalue weighted by Gasteiger charge is 2.40. The Morgan fingerprint density at radius 3 is 1.81 bits per heavy atom. The van der Waals surface area contributed by atoms with E-state index in [4.69, 9.17) is 4.74 Å². The lowest BCUT2D eigenvalue weighted by atomic mass is 10.00. The van der Waals surface area contributed by atoms with E-state index < -0.39 is 0 Å². The number of hydrogen-bond donors (Lipinski definition) is 0. The van der Waals surface area contributed by atoms with E-state index in [1.165, 1.54) is 4.90 Å². The Bertz CT molecular complexity index is 1050. The highest BCUT2D eigenvalue weighted by atomic mass is 16.5. The van der Waals surface area contributed by atoms with Crippen molar-refractivity contribution in [2.24, 2.45) is 0 Å². The molecule has 1 aliphatic rings. The summed E-state index contributed by atoms with van der Waals surface area (Å²) in [4.78, 5) is 27.5. The van der Waals surface area contributed by atoms with Crippen LogP contribution in [0, 0.1) is 0 Å². The number of carbonyl (C=O) groups excluding carboxylic acids is 2. The first-order valence-corrected chi connectivity index (χ1v) is 10.6. The minimum absolute atomic E-state index is 0.246. The zero-order chi connectivity index (χ0) is 22.0. The second-order valence-corrected chi connectivity index (χ2v) is 8.87. The molecule has 1 atom stereocenters. The van der Waals surface area contributed by atoms with Crippen LogP contribution in [0.3, 0.4) is 0 Å². The van der Waals surface area contributed by atoms with Gasteiger partial charge in [0.1, 0.15) is 0 Å². The van der Waals surface area contributed by atoms with E-state index in [0.29, 0.717) is 17.5 Å². The van der Waals surface area contributed by atoms with Gasteiger partial charge in [0, 0.05) is 0 Å². The fourth-order valence-corrected chi connectivity index (χ4v) is 3.85. The topological polar surface area (TPSA) is 46.6 Å². The van der Waals surface area contributed by atoms with E-state index in [1.807, 2.05) is 39.0 Å². The standard InChI is InChI=1S/C27H27NO3/c1-27(2,3)31-18-22(28-25(29)23-11-7-8-12-24(23)26(28)30)17-19-13-15-21(16-14-19)20-9-5-4-6-10-20/h4-16,22H,17-18H2,1-3H3/t22-/m1/s1.